The van der Waals surface area contributed by atoms with Gasteiger partial charge in [0.25, 0.3) is 0 Å². The number of hydrogen-bond acceptors (Lipinski definition) is 5. The van der Waals surface area contributed by atoms with Gasteiger partial charge in [-0.25, -0.2) is 9.98 Å². The number of benzene rings is 2. The smallest absolute Gasteiger partial charge is 0.174 e. The van der Waals surface area contributed by atoms with Crippen molar-refractivity contribution in [2.24, 2.45) is 4.99 Å². The number of aliphatic imine (C=N–C) groups is 1. The van der Waals surface area contributed by atoms with Crippen LogP contribution in [-0.4, -0.2) is 42.1 Å². The highest BCUT2D eigenvalue weighted by molar-refractivity contribution is 6.08. The standard InChI is InChI=1S/C22H24N6O/c1-16(17-3-2-4-18(23)15-17)26-22(21-24-9-10-25-21)27-19-5-7-20(8-6-19)28-11-13-29-14-12-28/h2-10,15H,1,11-14,23H2,(H,24,25)(H,26,27). The van der Waals surface area contributed by atoms with E-state index in [0.29, 0.717) is 23.0 Å². The van der Waals surface area contributed by atoms with Gasteiger partial charge in [0.05, 0.1) is 18.9 Å². The second-order valence-corrected chi connectivity index (χ2v) is 6.74. The topological polar surface area (TPSA) is 91.6 Å². The van der Waals surface area contributed by atoms with Gasteiger partial charge in [-0.2, -0.15) is 0 Å². The highest BCUT2D eigenvalue weighted by atomic mass is 16.5. The number of morpholine rings is 1. The van der Waals surface area contributed by atoms with Gasteiger partial charge < -0.3 is 25.7 Å². The molecule has 1 aliphatic rings. The minimum Gasteiger partial charge on any atom is -0.399 e. The van der Waals surface area contributed by atoms with Crippen LogP contribution in [0, 0.1) is 0 Å². The maximum absolute atomic E-state index is 5.89. The lowest BCUT2D eigenvalue weighted by Crippen LogP contribution is -2.36. The number of rotatable bonds is 5. The van der Waals surface area contributed by atoms with E-state index in [-0.39, 0.29) is 0 Å². The van der Waals surface area contributed by atoms with Crippen LogP contribution in [0.25, 0.3) is 5.70 Å². The molecule has 0 bridgehead atoms. The van der Waals surface area contributed by atoms with Crippen molar-refractivity contribution in [2.75, 3.05) is 42.3 Å². The van der Waals surface area contributed by atoms with Crippen LogP contribution in [0.1, 0.15) is 11.4 Å². The Hall–Kier alpha value is -3.58. The molecule has 0 radical (unpaired) electrons. The molecule has 2 aromatic carbocycles. The first-order valence-corrected chi connectivity index (χ1v) is 9.52. The van der Waals surface area contributed by atoms with Crippen LogP contribution in [0.2, 0.25) is 0 Å². The fourth-order valence-electron chi connectivity index (χ4n) is 3.17. The molecule has 0 saturated carbocycles. The largest absolute Gasteiger partial charge is 0.399 e. The minimum absolute atomic E-state index is 0.585. The second kappa shape index (κ2) is 8.62. The molecule has 0 atom stereocenters. The third kappa shape index (κ3) is 4.64. The van der Waals surface area contributed by atoms with E-state index in [1.807, 2.05) is 36.4 Å². The van der Waals surface area contributed by atoms with Crippen molar-refractivity contribution < 1.29 is 4.74 Å². The van der Waals surface area contributed by atoms with Crippen LogP contribution in [0.15, 0.2) is 72.5 Å². The molecule has 0 amide bonds. The van der Waals surface area contributed by atoms with Crippen LogP contribution >= 0.6 is 0 Å². The number of ether oxygens (including phenoxy) is 1. The molecule has 1 aliphatic heterocycles. The third-order valence-electron chi connectivity index (χ3n) is 4.70. The average molecular weight is 388 g/mol. The van der Waals surface area contributed by atoms with Crippen molar-refractivity contribution in [3.63, 3.8) is 0 Å². The summed E-state index contributed by atoms with van der Waals surface area (Å²) in [5, 5.41) is 3.35. The molecule has 29 heavy (non-hydrogen) atoms. The SMILES string of the molecule is C=C(N=C(Nc1ccc(N2CCOCC2)cc1)c1ncc[nH]1)c1cccc(N)c1. The van der Waals surface area contributed by atoms with Crippen LogP contribution in [0.5, 0.6) is 0 Å². The maximum atomic E-state index is 5.89. The van der Waals surface area contributed by atoms with Gasteiger partial charge >= 0.3 is 0 Å². The van der Waals surface area contributed by atoms with Crippen molar-refractivity contribution >= 4 is 28.6 Å². The Morgan fingerprint density at radius 2 is 1.97 bits per heavy atom. The number of aromatic amines is 1. The summed E-state index contributed by atoms with van der Waals surface area (Å²) in [4.78, 5) is 14.4. The molecule has 0 spiro atoms. The van der Waals surface area contributed by atoms with Crippen molar-refractivity contribution in [1.29, 1.82) is 0 Å². The fraction of sp³-hybridized carbons (Fsp3) is 0.182. The van der Waals surface area contributed by atoms with Gasteiger partial charge in [0.1, 0.15) is 0 Å². The number of nitrogens with two attached hydrogens (primary N) is 1. The summed E-state index contributed by atoms with van der Waals surface area (Å²) in [7, 11) is 0. The van der Waals surface area contributed by atoms with Crippen LogP contribution in [-0.2, 0) is 4.74 Å². The predicted octanol–water partition coefficient (Wildman–Crippen LogP) is 3.36. The van der Waals surface area contributed by atoms with E-state index >= 15 is 0 Å². The minimum atomic E-state index is 0.585. The molecule has 7 heteroatoms. The number of nitrogens with one attached hydrogen (secondary N) is 2. The zero-order valence-electron chi connectivity index (χ0n) is 16.1. The second-order valence-electron chi connectivity index (χ2n) is 6.74. The zero-order valence-corrected chi connectivity index (χ0v) is 16.1. The van der Waals surface area contributed by atoms with E-state index in [0.717, 1.165) is 37.6 Å². The van der Waals surface area contributed by atoms with Gasteiger partial charge in [0.2, 0.25) is 0 Å². The Morgan fingerprint density at radius 1 is 1.17 bits per heavy atom. The molecule has 3 aromatic rings. The number of H-pyrrole nitrogens is 1. The molecule has 4 rings (SSSR count). The summed E-state index contributed by atoms with van der Waals surface area (Å²) in [6.07, 6.45) is 3.45. The number of aromatic nitrogens is 2. The summed E-state index contributed by atoms with van der Waals surface area (Å²) < 4.78 is 5.42. The van der Waals surface area contributed by atoms with Gasteiger partial charge in [0, 0.05) is 48.1 Å². The highest BCUT2D eigenvalue weighted by Crippen LogP contribution is 2.21. The lowest BCUT2D eigenvalue weighted by Gasteiger charge is -2.28. The first kappa shape index (κ1) is 18.8. The monoisotopic (exact) mass is 388 g/mol. The van der Waals surface area contributed by atoms with E-state index in [1.165, 1.54) is 5.69 Å². The first-order chi connectivity index (χ1) is 14.2. The number of nitrogens with zero attached hydrogens (tertiary/aromatic N) is 3. The molecule has 1 aromatic heterocycles. The van der Waals surface area contributed by atoms with E-state index < -0.39 is 0 Å². The fourth-order valence-corrected chi connectivity index (χ4v) is 3.17. The quantitative estimate of drug-likeness (QED) is 0.354. The number of hydrogen-bond donors (Lipinski definition) is 3. The molecule has 1 fully saturated rings. The average Bonchev–Trinajstić information content (AvgIpc) is 3.29. The summed E-state index contributed by atoms with van der Waals surface area (Å²) in [6, 6.07) is 15.8. The Labute approximate surface area is 169 Å². The summed E-state index contributed by atoms with van der Waals surface area (Å²) in [6.45, 7) is 7.44. The maximum Gasteiger partial charge on any atom is 0.174 e. The molecular weight excluding hydrogens is 364 g/mol. The van der Waals surface area contributed by atoms with E-state index in [4.69, 9.17) is 10.5 Å². The van der Waals surface area contributed by atoms with Crippen LogP contribution < -0.4 is 16.0 Å². The van der Waals surface area contributed by atoms with Gasteiger partial charge in [0.15, 0.2) is 11.7 Å². The van der Waals surface area contributed by atoms with Crippen molar-refractivity contribution in [3.8, 4) is 0 Å². The van der Waals surface area contributed by atoms with Gasteiger partial charge in [-0.05, 0) is 36.4 Å². The van der Waals surface area contributed by atoms with Gasteiger partial charge in [-0.1, -0.05) is 18.7 Å². The molecular formula is C22H24N6O. The van der Waals surface area contributed by atoms with Crippen molar-refractivity contribution in [2.45, 2.75) is 0 Å². The molecule has 148 valence electrons. The summed E-state index contributed by atoms with van der Waals surface area (Å²) in [5.74, 6) is 1.22. The molecule has 7 nitrogen and oxygen atoms in total. The van der Waals surface area contributed by atoms with Gasteiger partial charge in [-0.15, -0.1) is 0 Å². The Bertz CT molecular complexity index is 988. The first-order valence-electron chi connectivity index (χ1n) is 9.52. The van der Waals surface area contributed by atoms with E-state index in [1.54, 1.807) is 12.4 Å². The molecule has 1 saturated heterocycles. The zero-order chi connectivity index (χ0) is 20.1. The number of nitrogen functional groups attached to an aromatic ring is 1. The lowest BCUT2D eigenvalue weighted by molar-refractivity contribution is 0.122. The van der Waals surface area contributed by atoms with Crippen LogP contribution in [0.3, 0.4) is 0 Å². The molecule has 0 unspecified atom stereocenters. The van der Waals surface area contributed by atoms with E-state index in [2.05, 4.69) is 43.9 Å². The summed E-state index contributed by atoms with van der Waals surface area (Å²) >= 11 is 0. The molecule has 0 aliphatic carbocycles. The normalized spacial score (nSPS) is 14.6. The number of anilines is 3. The molecule has 4 N–H and O–H groups in total. The van der Waals surface area contributed by atoms with Crippen LogP contribution in [0.4, 0.5) is 17.1 Å². The predicted molar refractivity (Wildman–Crippen MR) is 118 cm³/mol. The van der Waals surface area contributed by atoms with Gasteiger partial charge in [-0.3, -0.25) is 0 Å². The van der Waals surface area contributed by atoms with Crippen molar-refractivity contribution in [1.82, 2.24) is 9.97 Å². The molecule has 2 heterocycles. The van der Waals surface area contributed by atoms with E-state index in [9.17, 15) is 0 Å². The lowest BCUT2D eigenvalue weighted by atomic mass is 10.1. The Morgan fingerprint density at radius 3 is 2.66 bits per heavy atom. The number of amidine groups is 1. The highest BCUT2D eigenvalue weighted by Gasteiger charge is 2.12. The summed E-state index contributed by atoms with van der Waals surface area (Å²) in [5.41, 5.74) is 10.1. The third-order valence-corrected chi connectivity index (χ3v) is 4.70. The van der Waals surface area contributed by atoms with Crippen molar-refractivity contribution in [3.05, 3.63) is 78.9 Å². The Balaban J connectivity index is 1.55. The Kier molecular flexibility index (Phi) is 5.58. The number of imidazole rings is 1.